The number of nitrogens with zero attached hydrogens (tertiary/aromatic N) is 2. The topological polar surface area (TPSA) is 36.3 Å². The Morgan fingerprint density at radius 3 is 2.53 bits per heavy atom. The summed E-state index contributed by atoms with van der Waals surface area (Å²) in [4.78, 5) is 4.43. The molecule has 0 aliphatic heterocycles. The number of rotatable bonds is 7. The lowest BCUT2D eigenvalue weighted by Gasteiger charge is -2.11. The third kappa shape index (κ3) is 4.26. The monoisotopic (exact) mass is 414 g/mol. The minimum atomic E-state index is -4.41. The summed E-state index contributed by atoms with van der Waals surface area (Å²) in [6, 6.07) is 17.3. The van der Waals surface area contributed by atoms with Gasteiger partial charge in [-0.25, -0.2) is 4.98 Å². The number of hydrogen-bond acceptors (Lipinski definition) is 3. The highest BCUT2D eigenvalue weighted by Crippen LogP contribution is 2.32. The van der Waals surface area contributed by atoms with Crippen molar-refractivity contribution in [2.75, 3.05) is 13.2 Å². The summed E-state index contributed by atoms with van der Waals surface area (Å²) < 4.78 is 52.5. The second-order valence-corrected chi connectivity index (χ2v) is 6.88. The fraction of sp³-hybridized carbons (Fsp3) is 0.261. The van der Waals surface area contributed by atoms with E-state index in [2.05, 4.69) is 4.98 Å². The van der Waals surface area contributed by atoms with E-state index in [0.29, 0.717) is 42.4 Å². The van der Waals surface area contributed by atoms with Crippen molar-refractivity contribution in [3.05, 3.63) is 72.1 Å². The predicted molar refractivity (Wildman–Crippen MR) is 110 cm³/mol. The van der Waals surface area contributed by atoms with E-state index in [0.717, 1.165) is 22.9 Å². The van der Waals surface area contributed by atoms with Gasteiger partial charge < -0.3 is 14.0 Å². The number of halogens is 3. The van der Waals surface area contributed by atoms with Gasteiger partial charge in [-0.2, -0.15) is 13.2 Å². The molecule has 4 nitrogen and oxygen atoms in total. The molecule has 0 spiro atoms. The normalized spacial score (nSPS) is 12.0. The zero-order valence-corrected chi connectivity index (χ0v) is 16.4. The molecule has 0 N–H and O–H groups in total. The Kier molecular flexibility index (Phi) is 5.63. The van der Waals surface area contributed by atoms with Gasteiger partial charge in [0.1, 0.15) is 18.2 Å². The fourth-order valence-electron chi connectivity index (χ4n) is 3.42. The maximum Gasteiger partial charge on any atom is 0.416 e. The summed E-state index contributed by atoms with van der Waals surface area (Å²) in [5.41, 5.74) is 0.199. The van der Waals surface area contributed by atoms with Crippen molar-refractivity contribution in [1.29, 1.82) is 0 Å². The first kappa shape index (κ1) is 20.2. The Labute approximate surface area is 171 Å². The molecule has 0 atom stereocenters. The van der Waals surface area contributed by atoms with Crippen molar-refractivity contribution in [3.8, 4) is 5.75 Å². The van der Waals surface area contributed by atoms with Gasteiger partial charge in [0.25, 0.3) is 0 Å². The number of fused-ring (bicyclic) bond motifs is 2. The molecular weight excluding hydrogens is 393 g/mol. The van der Waals surface area contributed by atoms with Gasteiger partial charge in [0.05, 0.1) is 23.2 Å². The summed E-state index contributed by atoms with van der Waals surface area (Å²) in [5.74, 6) is 1.23. The first-order valence-corrected chi connectivity index (χ1v) is 9.71. The molecule has 1 aromatic heterocycles. The van der Waals surface area contributed by atoms with Crippen molar-refractivity contribution < 1.29 is 22.6 Å². The molecule has 0 unspecified atom stereocenters. The maximum atomic E-state index is 13.1. The predicted octanol–water partition coefficient (Wildman–Crippen LogP) is 5.82. The Morgan fingerprint density at radius 1 is 0.967 bits per heavy atom. The number of ether oxygens (including phenoxy) is 2. The van der Waals surface area contributed by atoms with Crippen LogP contribution in [-0.2, 0) is 24.1 Å². The molecule has 0 fully saturated rings. The largest absolute Gasteiger partial charge is 0.486 e. The van der Waals surface area contributed by atoms with E-state index in [-0.39, 0.29) is 6.61 Å². The van der Waals surface area contributed by atoms with Crippen LogP contribution < -0.4 is 4.74 Å². The van der Waals surface area contributed by atoms with Gasteiger partial charge in [-0.3, -0.25) is 0 Å². The Morgan fingerprint density at radius 2 is 1.77 bits per heavy atom. The molecule has 0 amide bonds. The van der Waals surface area contributed by atoms with Crippen molar-refractivity contribution in [2.45, 2.75) is 26.3 Å². The van der Waals surface area contributed by atoms with E-state index < -0.39 is 11.7 Å². The van der Waals surface area contributed by atoms with Gasteiger partial charge >= 0.3 is 6.18 Å². The quantitative estimate of drug-likeness (QED) is 0.357. The SMILES string of the molecule is CCOCCn1c(COc2ccc3ccccc3c2)nc2cc(C(F)(F)F)ccc21. The van der Waals surface area contributed by atoms with E-state index >= 15 is 0 Å². The van der Waals surface area contributed by atoms with E-state index in [4.69, 9.17) is 9.47 Å². The molecule has 30 heavy (non-hydrogen) atoms. The van der Waals surface area contributed by atoms with Crippen molar-refractivity contribution >= 4 is 21.8 Å². The molecule has 156 valence electrons. The van der Waals surface area contributed by atoms with Crippen LogP contribution in [0, 0.1) is 0 Å². The first-order valence-electron chi connectivity index (χ1n) is 9.71. The number of alkyl halides is 3. The number of hydrogen-bond donors (Lipinski definition) is 0. The summed E-state index contributed by atoms with van der Waals surface area (Å²) in [5, 5.41) is 2.16. The molecule has 0 saturated carbocycles. The van der Waals surface area contributed by atoms with Crippen molar-refractivity contribution in [3.63, 3.8) is 0 Å². The minimum Gasteiger partial charge on any atom is -0.486 e. The van der Waals surface area contributed by atoms with Crippen LogP contribution in [-0.4, -0.2) is 22.8 Å². The second kappa shape index (κ2) is 8.36. The van der Waals surface area contributed by atoms with Crippen LogP contribution in [0.2, 0.25) is 0 Å². The molecule has 7 heteroatoms. The van der Waals surface area contributed by atoms with E-state index in [1.165, 1.54) is 6.07 Å². The fourth-order valence-corrected chi connectivity index (χ4v) is 3.42. The lowest BCUT2D eigenvalue weighted by Crippen LogP contribution is -2.11. The summed E-state index contributed by atoms with van der Waals surface area (Å²) in [6.07, 6.45) is -4.41. The van der Waals surface area contributed by atoms with Crippen LogP contribution in [0.25, 0.3) is 21.8 Å². The molecular formula is C23H21F3N2O2. The lowest BCUT2D eigenvalue weighted by molar-refractivity contribution is -0.137. The van der Waals surface area contributed by atoms with E-state index in [1.54, 1.807) is 0 Å². The molecule has 0 aliphatic rings. The number of aromatic nitrogens is 2. The third-order valence-corrected chi connectivity index (χ3v) is 4.91. The maximum absolute atomic E-state index is 13.1. The van der Waals surface area contributed by atoms with Crippen molar-refractivity contribution in [1.82, 2.24) is 9.55 Å². The minimum absolute atomic E-state index is 0.139. The van der Waals surface area contributed by atoms with Gasteiger partial charge in [0.2, 0.25) is 0 Å². The standard InChI is InChI=1S/C23H21F3N2O2/c1-2-29-12-11-28-21-10-8-18(23(24,25)26)14-20(21)27-22(28)15-30-19-9-7-16-5-3-4-6-17(16)13-19/h3-10,13-14H,2,11-12,15H2,1H3. The van der Waals surface area contributed by atoms with Crippen molar-refractivity contribution in [2.24, 2.45) is 0 Å². The van der Waals surface area contributed by atoms with Crippen LogP contribution in [0.4, 0.5) is 13.2 Å². The highest BCUT2D eigenvalue weighted by atomic mass is 19.4. The average Bonchev–Trinajstić information content (AvgIpc) is 3.08. The van der Waals surface area contributed by atoms with Gasteiger partial charge in [0.15, 0.2) is 0 Å². The van der Waals surface area contributed by atoms with Crippen LogP contribution >= 0.6 is 0 Å². The zero-order valence-electron chi connectivity index (χ0n) is 16.4. The van der Waals surface area contributed by atoms with Crippen LogP contribution in [0.5, 0.6) is 5.75 Å². The van der Waals surface area contributed by atoms with Gasteiger partial charge in [-0.05, 0) is 48.0 Å². The van der Waals surface area contributed by atoms with Crippen LogP contribution in [0.1, 0.15) is 18.3 Å². The molecule has 0 radical (unpaired) electrons. The lowest BCUT2D eigenvalue weighted by atomic mass is 10.1. The van der Waals surface area contributed by atoms with Gasteiger partial charge in [0, 0.05) is 13.2 Å². The number of imidazole rings is 1. The zero-order chi connectivity index (χ0) is 21.1. The number of benzene rings is 3. The van der Waals surface area contributed by atoms with E-state index in [1.807, 2.05) is 54.0 Å². The molecule has 3 aromatic carbocycles. The summed E-state index contributed by atoms with van der Waals surface area (Å²) in [7, 11) is 0. The molecule has 1 heterocycles. The molecule has 4 rings (SSSR count). The van der Waals surface area contributed by atoms with Gasteiger partial charge in [-0.1, -0.05) is 30.3 Å². The Hall–Kier alpha value is -3.06. The third-order valence-electron chi connectivity index (χ3n) is 4.91. The summed E-state index contributed by atoms with van der Waals surface area (Å²) >= 11 is 0. The molecule has 0 saturated heterocycles. The molecule has 0 bridgehead atoms. The first-order chi connectivity index (χ1) is 14.5. The van der Waals surface area contributed by atoms with E-state index in [9.17, 15) is 13.2 Å². The molecule has 4 aromatic rings. The van der Waals surface area contributed by atoms with Crippen LogP contribution in [0.3, 0.4) is 0 Å². The van der Waals surface area contributed by atoms with Gasteiger partial charge in [-0.15, -0.1) is 0 Å². The Balaban J connectivity index is 1.63. The van der Waals surface area contributed by atoms with Crippen LogP contribution in [0.15, 0.2) is 60.7 Å². The highest BCUT2D eigenvalue weighted by molar-refractivity contribution is 5.83. The average molecular weight is 414 g/mol. The summed E-state index contributed by atoms with van der Waals surface area (Å²) in [6.45, 7) is 3.51. The molecule has 0 aliphatic carbocycles. The smallest absolute Gasteiger partial charge is 0.416 e. The Bertz CT molecular complexity index is 1170. The highest BCUT2D eigenvalue weighted by Gasteiger charge is 2.31. The second-order valence-electron chi connectivity index (χ2n) is 6.88.